The van der Waals surface area contributed by atoms with Crippen LogP contribution in [-0.2, 0) is 12.5 Å². The van der Waals surface area contributed by atoms with Gasteiger partial charge >= 0.3 is 0 Å². The van der Waals surface area contributed by atoms with Crippen LogP contribution in [0.4, 0.5) is 10.1 Å². The number of benzene rings is 3. The summed E-state index contributed by atoms with van der Waals surface area (Å²) in [5.41, 5.74) is 6.75. The topological polar surface area (TPSA) is 21.4 Å². The number of pyridine rings is 1. The van der Waals surface area contributed by atoms with Crippen molar-refractivity contribution in [2.45, 2.75) is 33.1 Å². The Bertz CT molecular complexity index is 1620. The predicted octanol–water partition coefficient (Wildman–Crippen LogP) is 8.04. The SMILES string of the molecule is [C-]#[N+]c1cc2oc3c(-c4cc(F)c(C(C)(C)C)c[n+]4C)c(C)ccc3c2cc1-c1ccccc1. The maximum absolute atomic E-state index is 15.2. The third-order valence-electron chi connectivity index (χ3n) is 6.46. The molecule has 5 rings (SSSR count). The number of aromatic nitrogens is 1. The van der Waals surface area contributed by atoms with Crippen LogP contribution in [0.25, 0.3) is 49.2 Å². The van der Waals surface area contributed by atoms with Gasteiger partial charge in [0.25, 0.3) is 0 Å². The predicted molar refractivity (Wildman–Crippen MR) is 135 cm³/mol. The van der Waals surface area contributed by atoms with Gasteiger partial charge in [0, 0.05) is 16.8 Å². The summed E-state index contributed by atoms with van der Waals surface area (Å²) in [6, 6.07) is 19.5. The Labute approximate surface area is 198 Å². The van der Waals surface area contributed by atoms with Crippen LogP contribution in [0.5, 0.6) is 0 Å². The minimum absolute atomic E-state index is 0.227. The molecule has 3 nitrogen and oxygen atoms in total. The van der Waals surface area contributed by atoms with Crippen LogP contribution in [0.15, 0.2) is 71.3 Å². The van der Waals surface area contributed by atoms with Crippen molar-refractivity contribution in [3.05, 3.63) is 95.2 Å². The first-order valence-electron chi connectivity index (χ1n) is 11.3. The average molecular weight is 450 g/mol. The Morgan fingerprint density at radius 3 is 2.38 bits per heavy atom. The maximum Gasteiger partial charge on any atom is 0.219 e. The molecule has 0 saturated carbocycles. The number of fused-ring (bicyclic) bond motifs is 3. The zero-order valence-electron chi connectivity index (χ0n) is 20.0. The van der Waals surface area contributed by atoms with Gasteiger partial charge in [-0.15, -0.1) is 0 Å². The highest BCUT2D eigenvalue weighted by atomic mass is 19.1. The molecule has 0 aliphatic heterocycles. The van der Waals surface area contributed by atoms with Crippen molar-refractivity contribution in [3.63, 3.8) is 0 Å². The third-order valence-corrected chi connectivity index (χ3v) is 6.46. The number of hydrogen-bond acceptors (Lipinski definition) is 1. The molecule has 0 aliphatic rings. The van der Waals surface area contributed by atoms with Crippen LogP contribution < -0.4 is 4.57 Å². The summed E-state index contributed by atoms with van der Waals surface area (Å²) in [7, 11) is 1.94. The molecule has 0 amide bonds. The monoisotopic (exact) mass is 449 g/mol. The Kier molecular flexibility index (Phi) is 5.02. The van der Waals surface area contributed by atoms with Gasteiger partial charge in [0.15, 0.2) is 11.9 Å². The average Bonchev–Trinajstić information content (AvgIpc) is 3.16. The van der Waals surface area contributed by atoms with Gasteiger partial charge in [0.05, 0.1) is 17.7 Å². The summed E-state index contributed by atoms with van der Waals surface area (Å²) in [6.07, 6.45) is 1.87. The van der Waals surface area contributed by atoms with E-state index in [1.807, 2.05) is 100 Å². The van der Waals surface area contributed by atoms with Crippen molar-refractivity contribution in [1.82, 2.24) is 0 Å². The van der Waals surface area contributed by atoms with Crippen LogP contribution in [0.2, 0.25) is 0 Å². The molecule has 0 unspecified atom stereocenters. The standard InChI is InChI=1S/C30H26FN2O/c1-18-12-13-20-22-14-21(19-10-8-7-9-11-19)25(32-5)16-27(22)34-29(20)28(18)26-15-24(31)23(17-33(26)6)30(2,3)4/h7-17H,1-4,6H3/q+1. The summed E-state index contributed by atoms with van der Waals surface area (Å²) in [5.74, 6) is -0.227. The third kappa shape index (κ3) is 3.45. The molecule has 34 heavy (non-hydrogen) atoms. The molecular weight excluding hydrogens is 423 g/mol. The molecule has 0 saturated heterocycles. The molecule has 2 aromatic heterocycles. The van der Waals surface area contributed by atoms with Gasteiger partial charge in [0.2, 0.25) is 5.69 Å². The van der Waals surface area contributed by atoms with Gasteiger partial charge in [-0.2, -0.15) is 0 Å². The Morgan fingerprint density at radius 2 is 1.71 bits per heavy atom. The molecule has 0 N–H and O–H groups in total. The minimum Gasteiger partial charge on any atom is -0.456 e. The van der Waals surface area contributed by atoms with Crippen LogP contribution in [-0.4, -0.2) is 0 Å². The zero-order chi connectivity index (χ0) is 24.2. The molecule has 0 fully saturated rings. The van der Waals surface area contributed by atoms with E-state index < -0.39 is 0 Å². The van der Waals surface area contributed by atoms with E-state index >= 15 is 4.39 Å². The molecule has 3 aromatic carbocycles. The van der Waals surface area contributed by atoms with Crippen LogP contribution in [0.1, 0.15) is 31.9 Å². The molecular formula is C30H26FN2O+. The first-order chi connectivity index (χ1) is 16.2. The number of nitrogens with zero attached hydrogens (tertiary/aromatic N) is 2. The van der Waals surface area contributed by atoms with Crippen molar-refractivity contribution in [2.24, 2.45) is 7.05 Å². The molecule has 2 heterocycles. The van der Waals surface area contributed by atoms with E-state index in [0.29, 0.717) is 22.4 Å². The second-order valence-electron chi connectivity index (χ2n) is 9.86. The van der Waals surface area contributed by atoms with Crippen LogP contribution >= 0.6 is 0 Å². The molecule has 0 bridgehead atoms. The molecule has 5 aromatic rings. The van der Waals surface area contributed by atoms with Crippen LogP contribution in [0.3, 0.4) is 0 Å². The van der Waals surface area contributed by atoms with E-state index in [2.05, 4.69) is 4.85 Å². The highest BCUT2D eigenvalue weighted by Crippen LogP contribution is 2.42. The summed E-state index contributed by atoms with van der Waals surface area (Å²) >= 11 is 0. The molecule has 168 valence electrons. The van der Waals surface area contributed by atoms with E-state index in [9.17, 15) is 0 Å². The largest absolute Gasteiger partial charge is 0.456 e. The fourth-order valence-electron chi connectivity index (χ4n) is 4.66. The summed E-state index contributed by atoms with van der Waals surface area (Å²) in [6.45, 7) is 15.8. The smallest absolute Gasteiger partial charge is 0.219 e. The number of furan rings is 1. The molecule has 0 spiro atoms. The number of hydrogen-bond donors (Lipinski definition) is 0. The zero-order valence-corrected chi connectivity index (χ0v) is 20.0. The summed E-state index contributed by atoms with van der Waals surface area (Å²) in [4.78, 5) is 3.76. The van der Waals surface area contributed by atoms with E-state index in [0.717, 1.165) is 38.7 Å². The lowest BCUT2D eigenvalue weighted by Crippen LogP contribution is -2.34. The van der Waals surface area contributed by atoms with Crippen molar-refractivity contribution >= 4 is 27.6 Å². The molecule has 0 radical (unpaired) electrons. The minimum atomic E-state index is -0.301. The number of halogens is 1. The first-order valence-corrected chi connectivity index (χ1v) is 11.3. The van der Waals surface area contributed by atoms with E-state index in [1.54, 1.807) is 6.07 Å². The highest BCUT2D eigenvalue weighted by Gasteiger charge is 2.27. The Hall–Kier alpha value is -3.97. The quantitative estimate of drug-likeness (QED) is 0.197. The van der Waals surface area contributed by atoms with Gasteiger partial charge in [-0.05, 0) is 35.1 Å². The molecule has 0 aliphatic carbocycles. The maximum atomic E-state index is 15.2. The van der Waals surface area contributed by atoms with Crippen molar-refractivity contribution in [3.8, 4) is 22.4 Å². The normalized spacial score (nSPS) is 11.8. The summed E-state index contributed by atoms with van der Waals surface area (Å²) < 4.78 is 23.5. The Morgan fingerprint density at radius 1 is 0.971 bits per heavy atom. The summed E-state index contributed by atoms with van der Waals surface area (Å²) in [5, 5.41) is 1.89. The lowest BCUT2D eigenvalue weighted by atomic mass is 9.87. The van der Waals surface area contributed by atoms with Gasteiger partial charge in [-0.3, -0.25) is 0 Å². The lowest BCUT2D eigenvalue weighted by molar-refractivity contribution is -0.661. The van der Waals surface area contributed by atoms with Gasteiger partial charge in [-0.1, -0.05) is 69.3 Å². The van der Waals surface area contributed by atoms with Crippen molar-refractivity contribution in [2.75, 3.05) is 0 Å². The highest BCUT2D eigenvalue weighted by molar-refractivity contribution is 6.12. The number of aryl methyl sites for hydroxylation is 2. The van der Waals surface area contributed by atoms with Crippen LogP contribution in [0, 0.1) is 19.3 Å². The number of rotatable bonds is 2. The van der Waals surface area contributed by atoms with Gasteiger partial charge in [-0.25, -0.2) is 13.8 Å². The lowest BCUT2D eigenvalue weighted by Gasteiger charge is -2.18. The van der Waals surface area contributed by atoms with Crippen molar-refractivity contribution in [1.29, 1.82) is 0 Å². The molecule has 0 atom stereocenters. The van der Waals surface area contributed by atoms with E-state index in [1.165, 1.54) is 0 Å². The van der Waals surface area contributed by atoms with E-state index in [-0.39, 0.29) is 11.2 Å². The fourth-order valence-corrected chi connectivity index (χ4v) is 4.66. The first kappa shape index (κ1) is 21.9. The Balaban J connectivity index is 1.81. The van der Waals surface area contributed by atoms with Gasteiger partial charge < -0.3 is 4.42 Å². The molecule has 4 heteroatoms. The second-order valence-corrected chi connectivity index (χ2v) is 9.86. The van der Waals surface area contributed by atoms with Gasteiger partial charge in [0.1, 0.15) is 24.0 Å². The second kappa shape index (κ2) is 7.81. The van der Waals surface area contributed by atoms with E-state index in [4.69, 9.17) is 11.0 Å². The fraction of sp³-hybridized carbons (Fsp3) is 0.200. The van der Waals surface area contributed by atoms with Crippen molar-refractivity contribution < 1.29 is 13.4 Å².